The number of Topliss-reactive ketones (excluding diaryl/α,β-unsaturated/α-hetero) is 2. The number of aliphatic hydroxyl groups excluding tert-OH is 2. The minimum absolute atomic E-state index is 0.0272. The highest BCUT2D eigenvalue weighted by molar-refractivity contribution is 5.97. The zero-order valence-corrected chi connectivity index (χ0v) is 23.5. The maximum absolute atomic E-state index is 14.1. The summed E-state index contributed by atoms with van der Waals surface area (Å²) in [6.45, 7) is 5.66. The van der Waals surface area contributed by atoms with Gasteiger partial charge in [-0.1, -0.05) is 13.8 Å². The maximum Gasteiger partial charge on any atom is 0.331 e. The Balaban J connectivity index is 1.26. The van der Waals surface area contributed by atoms with Gasteiger partial charge in [0.2, 0.25) is 6.29 Å². The van der Waals surface area contributed by atoms with Crippen molar-refractivity contribution >= 4 is 17.5 Å². The molecule has 0 unspecified atom stereocenters. The smallest absolute Gasteiger partial charge is 0.331 e. The first-order valence-electron chi connectivity index (χ1n) is 14.5. The lowest BCUT2D eigenvalue weighted by atomic mass is 9.42. The van der Waals surface area contributed by atoms with Gasteiger partial charge >= 0.3 is 5.97 Å². The zero-order valence-electron chi connectivity index (χ0n) is 23.5. The van der Waals surface area contributed by atoms with Gasteiger partial charge in [0.1, 0.15) is 12.7 Å². The summed E-state index contributed by atoms with van der Waals surface area (Å²) in [5.41, 5.74) is -2.41. The van der Waals surface area contributed by atoms with Crippen molar-refractivity contribution < 1.29 is 48.7 Å². The summed E-state index contributed by atoms with van der Waals surface area (Å²) in [6, 6.07) is 0. The molecule has 0 radical (unpaired) electrons. The molecule has 2 aliphatic heterocycles. The van der Waals surface area contributed by atoms with Gasteiger partial charge in [-0.15, -0.1) is 0 Å². The van der Waals surface area contributed by atoms with E-state index in [1.807, 2.05) is 6.92 Å². The number of aliphatic hydroxyl groups is 3. The third-order valence-corrected chi connectivity index (χ3v) is 11.5. The van der Waals surface area contributed by atoms with Crippen molar-refractivity contribution in [3.05, 3.63) is 23.5 Å². The molecule has 0 amide bonds. The lowest BCUT2D eigenvalue weighted by Gasteiger charge is -2.64. The van der Waals surface area contributed by atoms with Gasteiger partial charge in [0.15, 0.2) is 11.5 Å². The van der Waals surface area contributed by atoms with Crippen LogP contribution in [0.2, 0.25) is 0 Å². The van der Waals surface area contributed by atoms with E-state index < -0.39 is 64.8 Å². The molecule has 4 fully saturated rings. The van der Waals surface area contributed by atoms with Crippen LogP contribution in [0, 0.1) is 34.5 Å². The molecule has 0 aromatic carbocycles. The van der Waals surface area contributed by atoms with Gasteiger partial charge in [-0.05, 0) is 80.3 Å². The van der Waals surface area contributed by atoms with E-state index in [1.165, 1.54) is 13.2 Å². The third-order valence-electron chi connectivity index (χ3n) is 11.5. The minimum Gasteiger partial charge on any atom is -0.493 e. The number of ether oxygens (including phenoxy) is 4. The Hall–Kier alpha value is -2.11. The SMILES string of the molecule is COC1=C[C@@H](C)O[C@@H](O[C@@H]2C[C@H]3CC[C@@H]4[C@H](C(=O)[C@@H](O)[C@]5(C)[C@@H](C6=CC(=O)OC6)CC[C@]45O)[C@@]3(C)C[C@H]2O)C1=O. The second-order valence-corrected chi connectivity index (χ2v) is 13.2. The molecule has 4 aliphatic carbocycles. The van der Waals surface area contributed by atoms with Crippen molar-refractivity contribution in [2.45, 2.75) is 95.6 Å². The van der Waals surface area contributed by atoms with Gasteiger partial charge in [-0.2, -0.15) is 0 Å². The fourth-order valence-corrected chi connectivity index (χ4v) is 9.48. The fourth-order valence-electron chi connectivity index (χ4n) is 9.48. The van der Waals surface area contributed by atoms with Crippen LogP contribution in [0.3, 0.4) is 0 Å². The average Bonchev–Trinajstić information content (AvgIpc) is 3.45. The quantitative estimate of drug-likeness (QED) is 0.433. The van der Waals surface area contributed by atoms with Crippen molar-refractivity contribution in [2.75, 3.05) is 13.7 Å². The lowest BCUT2D eigenvalue weighted by molar-refractivity contribution is -0.252. The Morgan fingerprint density at radius 1 is 1.10 bits per heavy atom. The Morgan fingerprint density at radius 3 is 2.52 bits per heavy atom. The summed E-state index contributed by atoms with van der Waals surface area (Å²) in [6.07, 6.45) is 1.28. The molecular weight excluding hydrogens is 520 g/mol. The van der Waals surface area contributed by atoms with Gasteiger partial charge in [0.25, 0.3) is 5.78 Å². The number of hydrogen-bond donors (Lipinski definition) is 3. The Bertz CT molecular complexity index is 1180. The lowest BCUT2D eigenvalue weighted by Crippen LogP contribution is -2.71. The molecule has 0 spiro atoms. The summed E-state index contributed by atoms with van der Waals surface area (Å²) in [5.74, 6) is -2.40. The highest BCUT2D eigenvalue weighted by Crippen LogP contribution is 2.69. The molecule has 0 bridgehead atoms. The molecule has 10 heteroatoms. The first-order chi connectivity index (χ1) is 18.8. The Labute approximate surface area is 233 Å². The van der Waals surface area contributed by atoms with Crippen LogP contribution < -0.4 is 0 Å². The van der Waals surface area contributed by atoms with E-state index >= 15 is 0 Å². The normalized spacial score (nSPS) is 50.4. The van der Waals surface area contributed by atoms with Crippen LogP contribution in [0.5, 0.6) is 0 Å². The average molecular weight is 561 g/mol. The molecular formula is C30H40O10. The molecule has 6 rings (SSSR count). The zero-order chi connectivity index (χ0) is 28.8. The fraction of sp³-hybridized carbons (Fsp3) is 0.767. The number of hydrogen-bond acceptors (Lipinski definition) is 10. The van der Waals surface area contributed by atoms with Gasteiger partial charge < -0.3 is 34.3 Å². The molecule has 3 N–H and O–H groups in total. The second kappa shape index (κ2) is 9.46. The van der Waals surface area contributed by atoms with Crippen LogP contribution in [0.25, 0.3) is 0 Å². The van der Waals surface area contributed by atoms with E-state index in [4.69, 9.17) is 18.9 Å². The van der Waals surface area contributed by atoms with Crippen LogP contribution >= 0.6 is 0 Å². The molecule has 4 saturated carbocycles. The second-order valence-electron chi connectivity index (χ2n) is 13.2. The molecule has 10 nitrogen and oxygen atoms in total. The first kappa shape index (κ1) is 28.0. The van der Waals surface area contributed by atoms with Crippen LogP contribution in [-0.2, 0) is 33.3 Å². The standard InChI is InChI=1S/C30H40O10/c1-14-9-21(37-4)24(33)27(39-14)40-20-11-16-5-6-18-23(28(16,2)12-19(20)31)25(34)26(35)29(3)17(7-8-30(18,29)36)15-10-22(32)38-13-15/h9-10,14,16-20,23,26-27,31,35-36H,5-8,11-13H2,1-4H3/t14-,16-,17-,18-,19-,20-,23-,26-,27+,28+,29+,30+/m1/s1. The molecule has 2 heterocycles. The van der Waals surface area contributed by atoms with Crippen molar-refractivity contribution in [3.8, 4) is 0 Å². The van der Waals surface area contributed by atoms with Crippen molar-refractivity contribution in [3.63, 3.8) is 0 Å². The number of cyclic esters (lactones) is 1. The maximum atomic E-state index is 14.1. The predicted octanol–water partition coefficient (Wildman–Crippen LogP) is 1.59. The predicted molar refractivity (Wildman–Crippen MR) is 138 cm³/mol. The van der Waals surface area contributed by atoms with E-state index in [1.54, 1.807) is 19.9 Å². The van der Waals surface area contributed by atoms with Gasteiger partial charge in [0, 0.05) is 17.4 Å². The molecule has 6 aliphatic rings. The minimum atomic E-state index is -1.42. The number of carbonyl (C=O) groups excluding carboxylic acids is 3. The van der Waals surface area contributed by atoms with Gasteiger partial charge in [-0.3, -0.25) is 9.59 Å². The Kier molecular flexibility index (Phi) is 6.63. The molecule has 0 aromatic heterocycles. The van der Waals surface area contributed by atoms with Crippen LogP contribution in [0.4, 0.5) is 0 Å². The molecule has 220 valence electrons. The molecule has 12 atom stereocenters. The summed E-state index contributed by atoms with van der Waals surface area (Å²) in [4.78, 5) is 38.7. The van der Waals surface area contributed by atoms with Gasteiger partial charge in [-0.25, -0.2) is 4.79 Å². The Morgan fingerprint density at radius 2 is 1.85 bits per heavy atom. The van der Waals surface area contributed by atoms with Crippen LogP contribution in [0.15, 0.2) is 23.5 Å². The van der Waals surface area contributed by atoms with Crippen LogP contribution in [-0.4, -0.2) is 82.9 Å². The first-order valence-corrected chi connectivity index (χ1v) is 14.5. The summed E-state index contributed by atoms with van der Waals surface area (Å²) < 4.78 is 22.1. The molecule has 40 heavy (non-hydrogen) atoms. The van der Waals surface area contributed by atoms with Crippen LogP contribution in [0.1, 0.15) is 59.3 Å². The van der Waals surface area contributed by atoms with Crippen molar-refractivity contribution in [2.24, 2.45) is 34.5 Å². The van der Waals surface area contributed by atoms with Crippen molar-refractivity contribution in [1.82, 2.24) is 0 Å². The number of carbonyl (C=O) groups is 3. The summed E-state index contributed by atoms with van der Waals surface area (Å²) >= 11 is 0. The molecule has 0 aromatic rings. The highest BCUT2D eigenvalue weighted by atomic mass is 16.7. The number of fused-ring (bicyclic) bond motifs is 5. The number of methoxy groups -OCH3 is 1. The van der Waals surface area contributed by atoms with E-state index in [-0.39, 0.29) is 42.3 Å². The van der Waals surface area contributed by atoms with E-state index in [9.17, 15) is 29.7 Å². The van der Waals surface area contributed by atoms with Gasteiger partial charge in [0.05, 0.1) is 31.0 Å². The summed E-state index contributed by atoms with van der Waals surface area (Å²) in [7, 11) is 1.41. The van der Waals surface area contributed by atoms with Crippen molar-refractivity contribution in [1.29, 1.82) is 0 Å². The number of ketones is 2. The largest absolute Gasteiger partial charge is 0.493 e. The number of esters is 1. The van der Waals surface area contributed by atoms with E-state index in [2.05, 4.69) is 0 Å². The topological polar surface area (TPSA) is 149 Å². The number of rotatable bonds is 4. The monoisotopic (exact) mass is 560 g/mol. The third kappa shape index (κ3) is 3.75. The highest BCUT2D eigenvalue weighted by Gasteiger charge is 2.74. The summed E-state index contributed by atoms with van der Waals surface area (Å²) in [5, 5.41) is 35.3. The van der Waals surface area contributed by atoms with E-state index in [0.717, 1.165) is 5.57 Å². The molecule has 0 saturated heterocycles. The van der Waals surface area contributed by atoms with E-state index in [0.29, 0.717) is 32.1 Å².